The molecule has 2 heterocycles. The van der Waals surface area contributed by atoms with Crippen molar-refractivity contribution < 1.29 is 17.6 Å². The molecule has 4 rings (SSSR count). The average molecular weight is 470 g/mol. The molecule has 166 valence electrons. The number of carbonyl (C=O) groups is 1. The number of aromatic nitrogens is 2. The second-order valence-electron chi connectivity index (χ2n) is 7.55. The minimum Gasteiger partial charge on any atom is -0.451 e. The lowest BCUT2D eigenvalue weighted by Crippen LogP contribution is -2.27. The summed E-state index contributed by atoms with van der Waals surface area (Å²) in [5.74, 6) is 0.478. The zero-order valence-corrected chi connectivity index (χ0v) is 19.5. The van der Waals surface area contributed by atoms with Crippen LogP contribution in [0.25, 0.3) is 11.0 Å². The summed E-state index contributed by atoms with van der Waals surface area (Å²) >= 11 is 1.53. The highest BCUT2D eigenvalue weighted by Crippen LogP contribution is 2.32. The van der Waals surface area contributed by atoms with E-state index in [1.807, 2.05) is 49.0 Å². The zero-order valence-electron chi connectivity index (χ0n) is 17.9. The van der Waals surface area contributed by atoms with Crippen LogP contribution in [-0.4, -0.2) is 30.1 Å². The van der Waals surface area contributed by atoms with Gasteiger partial charge in [0.15, 0.2) is 20.8 Å². The summed E-state index contributed by atoms with van der Waals surface area (Å²) in [6.07, 6.45) is 4.78. The lowest BCUT2D eigenvalue weighted by molar-refractivity contribution is 0.0913. The quantitative estimate of drug-likeness (QED) is 0.404. The van der Waals surface area contributed by atoms with Gasteiger partial charge in [0.2, 0.25) is 0 Å². The highest BCUT2D eigenvalue weighted by Gasteiger charge is 2.23. The number of aryl methyl sites for hydroxylation is 1. The van der Waals surface area contributed by atoms with Crippen molar-refractivity contribution in [3.8, 4) is 0 Å². The van der Waals surface area contributed by atoms with Crippen molar-refractivity contribution in [2.24, 2.45) is 7.05 Å². The Hall–Kier alpha value is -3.04. The molecule has 0 spiro atoms. The molecule has 4 aromatic rings. The highest BCUT2D eigenvalue weighted by atomic mass is 32.2. The zero-order chi connectivity index (χ0) is 22.9. The number of nitrogens with one attached hydrogen (secondary N) is 1. The van der Waals surface area contributed by atoms with Crippen LogP contribution in [0.3, 0.4) is 0 Å². The minimum absolute atomic E-state index is 0.241. The SMILES string of the molecule is CC(NC(=O)c1oc2ccccc2c1CSc1nccn1C)c1ccc(S(C)(=O)=O)cc1. The van der Waals surface area contributed by atoms with E-state index >= 15 is 0 Å². The number of thioether (sulfide) groups is 1. The van der Waals surface area contributed by atoms with Crippen LogP contribution < -0.4 is 5.32 Å². The van der Waals surface area contributed by atoms with Gasteiger partial charge >= 0.3 is 0 Å². The molecule has 2 aromatic carbocycles. The van der Waals surface area contributed by atoms with E-state index in [-0.39, 0.29) is 22.6 Å². The number of rotatable bonds is 7. The number of nitrogens with zero attached hydrogens (tertiary/aromatic N) is 2. The van der Waals surface area contributed by atoms with E-state index < -0.39 is 9.84 Å². The Morgan fingerprint density at radius 1 is 1.19 bits per heavy atom. The van der Waals surface area contributed by atoms with Crippen LogP contribution in [-0.2, 0) is 22.6 Å². The maximum atomic E-state index is 13.1. The molecule has 1 atom stereocenters. The third kappa shape index (κ3) is 4.58. The summed E-state index contributed by atoms with van der Waals surface area (Å²) in [6, 6.07) is 13.7. The first-order valence-corrected chi connectivity index (χ1v) is 12.8. The average Bonchev–Trinajstić information content (AvgIpc) is 3.34. The summed E-state index contributed by atoms with van der Waals surface area (Å²) < 4.78 is 31.2. The van der Waals surface area contributed by atoms with Crippen molar-refractivity contribution in [3.63, 3.8) is 0 Å². The Morgan fingerprint density at radius 2 is 1.91 bits per heavy atom. The molecule has 0 aliphatic carbocycles. The van der Waals surface area contributed by atoms with E-state index in [1.54, 1.807) is 30.5 Å². The molecule has 32 heavy (non-hydrogen) atoms. The lowest BCUT2D eigenvalue weighted by atomic mass is 10.1. The number of para-hydroxylation sites is 1. The fourth-order valence-corrected chi connectivity index (χ4v) is 4.99. The second-order valence-corrected chi connectivity index (χ2v) is 10.5. The maximum Gasteiger partial charge on any atom is 0.287 e. The van der Waals surface area contributed by atoms with Crippen LogP contribution >= 0.6 is 11.8 Å². The van der Waals surface area contributed by atoms with E-state index in [9.17, 15) is 13.2 Å². The van der Waals surface area contributed by atoms with Gasteiger partial charge in [0.05, 0.1) is 10.9 Å². The van der Waals surface area contributed by atoms with Gasteiger partial charge in [0.1, 0.15) is 5.58 Å². The van der Waals surface area contributed by atoms with Gasteiger partial charge in [-0.1, -0.05) is 42.1 Å². The molecular weight excluding hydrogens is 446 g/mol. The number of benzene rings is 2. The molecule has 7 nitrogen and oxygen atoms in total. The molecule has 1 unspecified atom stereocenters. The van der Waals surface area contributed by atoms with Gasteiger partial charge in [0.25, 0.3) is 5.91 Å². The third-order valence-corrected chi connectivity index (χ3v) is 7.40. The number of imidazole rings is 1. The van der Waals surface area contributed by atoms with Gasteiger partial charge in [-0.05, 0) is 30.7 Å². The van der Waals surface area contributed by atoms with Crippen molar-refractivity contribution in [2.75, 3.05) is 6.26 Å². The molecule has 0 saturated heterocycles. The van der Waals surface area contributed by atoms with E-state index in [1.165, 1.54) is 18.0 Å². The summed E-state index contributed by atoms with van der Waals surface area (Å²) in [6.45, 7) is 1.85. The smallest absolute Gasteiger partial charge is 0.287 e. The molecule has 0 radical (unpaired) electrons. The largest absolute Gasteiger partial charge is 0.451 e. The summed E-state index contributed by atoms with van der Waals surface area (Å²) in [4.78, 5) is 17.7. The fraction of sp³-hybridized carbons (Fsp3) is 0.217. The Morgan fingerprint density at radius 3 is 2.56 bits per heavy atom. The van der Waals surface area contributed by atoms with Crippen molar-refractivity contribution in [1.82, 2.24) is 14.9 Å². The first kappa shape index (κ1) is 22.2. The topological polar surface area (TPSA) is 94.2 Å². The van der Waals surface area contributed by atoms with Crippen molar-refractivity contribution in [1.29, 1.82) is 0 Å². The molecule has 0 bridgehead atoms. The molecule has 9 heteroatoms. The predicted molar refractivity (Wildman–Crippen MR) is 124 cm³/mol. The number of hydrogen-bond donors (Lipinski definition) is 1. The third-order valence-electron chi connectivity index (χ3n) is 5.18. The number of hydrogen-bond acceptors (Lipinski definition) is 6. The predicted octanol–water partition coefficient (Wildman–Crippen LogP) is 4.35. The summed E-state index contributed by atoms with van der Waals surface area (Å²) in [5.41, 5.74) is 2.26. The van der Waals surface area contributed by atoms with Crippen molar-refractivity contribution in [2.45, 2.75) is 28.8 Å². The van der Waals surface area contributed by atoms with Gasteiger partial charge in [0, 0.05) is 42.4 Å². The molecule has 0 saturated carbocycles. The monoisotopic (exact) mass is 469 g/mol. The molecule has 0 aliphatic heterocycles. The van der Waals surface area contributed by atoms with E-state index in [0.29, 0.717) is 11.3 Å². The molecule has 0 aliphatic rings. The Bertz CT molecular complexity index is 1370. The van der Waals surface area contributed by atoms with E-state index in [2.05, 4.69) is 10.3 Å². The van der Waals surface area contributed by atoms with Gasteiger partial charge in [-0.2, -0.15) is 0 Å². The maximum absolute atomic E-state index is 13.1. The highest BCUT2D eigenvalue weighted by molar-refractivity contribution is 7.98. The van der Waals surface area contributed by atoms with Gasteiger partial charge in [-0.25, -0.2) is 13.4 Å². The number of fused-ring (bicyclic) bond motifs is 1. The van der Waals surface area contributed by atoms with Gasteiger partial charge < -0.3 is 14.3 Å². The molecule has 1 N–H and O–H groups in total. The van der Waals surface area contributed by atoms with Crippen LogP contribution in [0.2, 0.25) is 0 Å². The fourth-order valence-electron chi connectivity index (χ4n) is 3.40. The number of carbonyl (C=O) groups excluding carboxylic acids is 1. The van der Waals surface area contributed by atoms with Crippen LogP contribution in [0, 0.1) is 0 Å². The van der Waals surface area contributed by atoms with Gasteiger partial charge in [-0.3, -0.25) is 4.79 Å². The van der Waals surface area contributed by atoms with Crippen LogP contribution in [0.15, 0.2) is 75.4 Å². The standard InChI is InChI=1S/C23H23N3O4S2/c1-15(16-8-10-17(11-9-16)32(3,28)29)25-22(27)21-19(14-31-23-24-12-13-26(23)2)18-6-4-5-7-20(18)30-21/h4-13,15H,14H2,1-3H3,(H,25,27). The van der Waals surface area contributed by atoms with Crippen molar-refractivity contribution in [3.05, 3.63) is 77.8 Å². The first-order valence-electron chi connectivity index (χ1n) is 9.95. The number of amides is 1. The lowest BCUT2D eigenvalue weighted by Gasteiger charge is -2.14. The van der Waals surface area contributed by atoms with Crippen LogP contribution in [0.5, 0.6) is 0 Å². The normalized spacial score (nSPS) is 12.7. The second kappa shape index (κ2) is 8.84. The summed E-state index contributed by atoms with van der Waals surface area (Å²) in [7, 11) is -1.35. The first-order chi connectivity index (χ1) is 15.2. The Labute approximate surface area is 190 Å². The van der Waals surface area contributed by atoms with Crippen LogP contribution in [0.4, 0.5) is 0 Å². The van der Waals surface area contributed by atoms with Gasteiger partial charge in [-0.15, -0.1) is 0 Å². The Kier molecular flexibility index (Phi) is 6.12. The van der Waals surface area contributed by atoms with Crippen molar-refractivity contribution >= 4 is 38.5 Å². The molecular formula is C23H23N3O4S2. The van der Waals surface area contributed by atoms with E-state index in [4.69, 9.17) is 4.42 Å². The Balaban J connectivity index is 1.58. The van der Waals surface area contributed by atoms with Crippen LogP contribution in [0.1, 0.15) is 34.6 Å². The van der Waals surface area contributed by atoms with E-state index in [0.717, 1.165) is 21.7 Å². The minimum atomic E-state index is -3.27. The summed E-state index contributed by atoms with van der Waals surface area (Å²) in [5, 5.41) is 4.71. The molecule has 2 aromatic heterocycles. The number of sulfone groups is 1. The number of furan rings is 1. The molecule has 0 fully saturated rings. The molecule has 1 amide bonds.